The van der Waals surface area contributed by atoms with Gasteiger partial charge >= 0.3 is 5.97 Å². The van der Waals surface area contributed by atoms with Gasteiger partial charge in [-0.1, -0.05) is 24.3 Å². The number of halogens is 1. The van der Waals surface area contributed by atoms with E-state index in [1.54, 1.807) is 54.6 Å². The number of aliphatic carboxylic acids is 1. The average Bonchev–Trinajstić information content (AvgIpc) is 2.75. The van der Waals surface area contributed by atoms with Gasteiger partial charge in [0.25, 0.3) is 0 Å². The molecule has 0 unspecified atom stereocenters. The second-order valence-electron chi connectivity index (χ2n) is 6.86. The van der Waals surface area contributed by atoms with Crippen LogP contribution < -0.4 is 4.74 Å². The molecule has 0 aliphatic carbocycles. The maximum absolute atomic E-state index is 14.0. The van der Waals surface area contributed by atoms with Gasteiger partial charge in [0.2, 0.25) is 0 Å². The van der Waals surface area contributed by atoms with Gasteiger partial charge in [-0.3, -0.25) is 0 Å². The van der Waals surface area contributed by atoms with E-state index in [0.29, 0.717) is 33.6 Å². The van der Waals surface area contributed by atoms with Crippen LogP contribution in [0.3, 0.4) is 0 Å². The van der Waals surface area contributed by atoms with E-state index in [4.69, 9.17) is 9.84 Å². The van der Waals surface area contributed by atoms with Gasteiger partial charge in [0.05, 0.1) is 0 Å². The largest absolute Gasteiger partial charge is 0.508 e. The predicted octanol–water partition coefficient (Wildman–Crippen LogP) is 5.95. The number of carboxylic acid groups (broad SMARTS) is 1. The van der Waals surface area contributed by atoms with Crippen molar-refractivity contribution in [3.05, 3.63) is 90.3 Å². The van der Waals surface area contributed by atoms with Crippen LogP contribution in [0.5, 0.6) is 23.0 Å². The molecule has 0 saturated heterocycles. The standard InChI is InChI=1S/C25H17FO5/c26-22-14-17(5-11-23(22)28)20-9-4-16-13-18(27)6-10-21(16)25(20)31-19-7-1-15(2-8-19)3-12-24(29)30/h1-14,27-28H,(H,29,30)/b12-3+. The summed E-state index contributed by atoms with van der Waals surface area (Å²) in [6.07, 6.45) is 2.52. The molecule has 0 heterocycles. The number of carboxylic acids is 1. The molecule has 4 rings (SSSR count). The number of phenols is 2. The molecule has 0 aliphatic heterocycles. The van der Waals surface area contributed by atoms with E-state index in [0.717, 1.165) is 11.5 Å². The van der Waals surface area contributed by atoms with Crippen LogP contribution >= 0.6 is 0 Å². The fourth-order valence-electron chi connectivity index (χ4n) is 3.23. The lowest BCUT2D eigenvalue weighted by molar-refractivity contribution is -0.131. The second kappa shape index (κ2) is 8.20. The molecule has 6 heteroatoms. The minimum atomic E-state index is -1.04. The number of hydrogen-bond donors (Lipinski definition) is 3. The highest BCUT2D eigenvalue weighted by molar-refractivity contribution is 5.96. The zero-order chi connectivity index (χ0) is 22.0. The third kappa shape index (κ3) is 4.33. The Morgan fingerprint density at radius 1 is 0.903 bits per heavy atom. The van der Waals surface area contributed by atoms with E-state index in [1.165, 1.54) is 24.3 Å². The minimum Gasteiger partial charge on any atom is -0.508 e. The molecule has 0 fully saturated rings. The van der Waals surface area contributed by atoms with Gasteiger partial charge in [-0.2, -0.15) is 0 Å². The molecule has 0 radical (unpaired) electrons. The molecular formula is C25H17FO5. The number of hydrogen-bond acceptors (Lipinski definition) is 4. The van der Waals surface area contributed by atoms with Crippen molar-refractivity contribution >= 4 is 22.8 Å². The first kappa shape index (κ1) is 20.0. The lowest BCUT2D eigenvalue weighted by Gasteiger charge is -2.15. The Bertz CT molecular complexity index is 1310. The van der Waals surface area contributed by atoms with Crippen molar-refractivity contribution in [2.45, 2.75) is 0 Å². The summed E-state index contributed by atoms with van der Waals surface area (Å²) >= 11 is 0. The van der Waals surface area contributed by atoms with Gasteiger partial charge in [0, 0.05) is 17.0 Å². The number of phenolic OH excluding ortho intramolecular Hbond substituents is 2. The molecule has 4 aromatic carbocycles. The van der Waals surface area contributed by atoms with Crippen LogP contribution in [-0.4, -0.2) is 21.3 Å². The molecule has 0 spiro atoms. The first-order valence-electron chi connectivity index (χ1n) is 9.34. The number of carbonyl (C=O) groups is 1. The zero-order valence-corrected chi connectivity index (χ0v) is 16.1. The van der Waals surface area contributed by atoms with Crippen LogP contribution in [0.25, 0.3) is 28.0 Å². The summed E-state index contributed by atoms with van der Waals surface area (Å²) in [4.78, 5) is 10.7. The summed E-state index contributed by atoms with van der Waals surface area (Å²) in [5, 5.41) is 29.5. The van der Waals surface area contributed by atoms with E-state index in [9.17, 15) is 19.4 Å². The van der Waals surface area contributed by atoms with Crippen LogP contribution in [0.4, 0.5) is 4.39 Å². The van der Waals surface area contributed by atoms with E-state index in [-0.39, 0.29) is 5.75 Å². The summed E-state index contributed by atoms with van der Waals surface area (Å²) in [6.45, 7) is 0. The van der Waals surface area contributed by atoms with Crippen molar-refractivity contribution in [3.63, 3.8) is 0 Å². The van der Waals surface area contributed by atoms with Crippen molar-refractivity contribution < 1.29 is 29.2 Å². The fourth-order valence-corrected chi connectivity index (χ4v) is 3.23. The van der Waals surface area contributed by atoms with Crippen LogP contribution in [-0.2, 0) is 4.79 Å². The Hall–Kier alpha value is -4.32. The normalized spacial score (nSPS) is 11.1. The Kier molecular flexibility index (Phi) is 5.28. The quantitative estimate of drug-likeness (QED) is 0.350. The molecule has 31 heavy (non-hydrogen) atoms. The van der Waals surface area contributed by atoms with Crippen molar-refractivity contribution in [1.82, 2.24) is 0 Å². The molecule has 0 amide bonds. The molecule has 5 nitrogen and oxygen atoms in total. The number of benzene rings is 4. The van der Waals surface area contributed by atoms with Gasteiger partial charge in [-0.25, -0.2) is 9.18 Å². The van der Waals surface area contributed by atoms with E-state index < -0.39 is 17.5 Å². The van der Waals surface area contributed by atoms with Gasteiger partial charge in [-0.15, -0.1) is 0 Å². The number of rotatable bonds is 5. The molecule has 4 aromatic rings. The van der Waals surface area contributed by atoms with E-state index >= 15 is 0 Å². The van der Waals surface area contributed by atoms with Crippen LogP contribution in [0.15, 0.2) is 78.9 Å². The number of ether oxygens (including phenoxy) is 1. The lowest BCUT2D eigenvalue weighted by atomic mass is 9.99. The Balaban J connectivity index is 1.80. The highest BCUT2D eigenvalue weighted by atomic mass is 19.1. The second-order valence-corrected chi connectivity index (χ2v) is 6.86. The Morgan fingerprint density at radius 3 is 2.39 bits per heavy atom. The zero-order valence-electron chi connectivity index (χ0n) is 16.1. The maximum Gasteiger partial charge on any atom is 0.328 e. The molecule has 3 N–H and O–H groups in total. The molecular weight excluding hydrogens is 399 g/mol. The molecule has 0 atom stereocenters. The summed E-state index contributed by atoms with van der Waals surface area (Å²) in [5.74, 6) is -1.17. The van der Waals surface area contributed by atoms with Crippen LogP contribution in [0.1, 0.15) is 5.56 Å². The third-order valence-corrected chi connectivity index (χ3v) is 4.73. The minimum absolute atomic E-state index is 0.108. The predicted molar refractivity (Wildman–Crippen MR) is 116 cm³/mol. The first-order chi connectivity index (χ1) is 14.9. The highest BCUT2D eigenvalue weighted by Crippen LogP contribution is 2.41. The molecule has 0 aromatic heterocycles. The Labute approximate surface area is 176 Å². The lowest BCUT2D eigenvalue weighted by Crippen LogP contribution is -1.92. The maximum atomic E-state index is 14.0. The molecule has 0 aliphatic rings. The average molecular weight is 416 g/mol. The van der Waals surface area contributed by atoms with E-state index in [1.807, 2.05) is 0 Å². The SMILES string of the molecule is O=C(O)/C=C/c1ccc(Oc2c(-c3ccc(O)c(F)c3)ccc3cc(O)ccc23)cc1. The van der Waals surface area contributed by atoms with E-state index in [2.05, 4.69) is 0 Å². The van der Waals surface area contributed by atoms with Crippen molar-refractivity contribution in [1.29, 1.82) is 0 Å². The molecule has 0 saturated carbocycles. The summed E-state index contributed by atoms with van der Waals surface area (Å²) in [6, 6.07) is 19.3. The third-order valence-electron chi connectivity index (χ3n) is 4.73. The van der Waals surface area contributed by atoms with Gasteiger partial charge < -0.3 is 20.1 Å². The van der Waals surface area contributed by atoms with Crippen LogP contribution in [0, 0.1) is 5.82 Å². The summed E-state index contributed by atoms with van der Waals surface area (Å²) in [5.41, 5.74) is 1.81. The van der Waals surface area contributed by atoms with Crippen LogP contribution in [0.2, 0.25) is 0 Å². The number of aromatic hydroxyl groups is 2. The molecule has 154 valence electrons. The smallest absolute Gasteiger partial charge is 0.328 e. The van der Waals surface area contributed by atoms with Gasteiger partial charge in [-0.05, 0) is 71.1 Å². The summed E-state index contributed by atoms with van der Waals surface area (Å²) < 4.78 is 20.2. The monoisotopic (exact) mass is 416 g/mol. The van der Waals surface area contributed by atoms with Gasteiger partial charge in [0.15, 0.2) is 11.6 Å². The number of fused-ring (bicyclic) bond motifs is 1. The molecule has 0 bridgehead atoms. The van der Waals surface area contributed by atoms with Gasteiger partial charge in [0.1, 0.15) is 17.2 Å². The fraction of sp³-hybridized carbons (Fsp3) is 0. The van der Waals surface area contributed by atoms with Crippen molar-refractivity contribution in [2.24, 2.45) is 0 Å². The summed E-state index contributed by atoms with van der Waals surface area (Å²) in [7, 11) is 0. The Morgan fingerprint density at radius 2 is 1.68 bits per heavy atom. The topological polar surface area (TPSA) is 87.0 Å². The first-order valence-corrected chi connectivity index (χ1v) is 9.34. The van der Waals surface area contributed by atoms with Crippen molar-refractivity contribution in [2.75, 3.05) is 0 Å². The van der Waals surface area contributed by atoms with Crippen molar-refractivity contribution in [3.8, 4) is 34.1 Å². The highest BCUT2D eigenvalue weighted by Gasteiger charge is 2.14.